The van der Waals surface area contributed by atoms with Crippen LogP contribution in [0.4, 0.5) is 0 Å². The third-order valence-electron chi connectivity index (χ3n) is 2.08. The Bertz CT molecular complexity index is 390. The highest BCUT2D eigenvalue weighted by Gasteiger charge is 2.04. The Morgan fingerprint density at radius 3 is 2.69 bits per heavy atom. The monoisotopic (exact) mass is 220 g/mol. The lowest BCUT2D eigenvalue weighted by Gasteiger charge is -2.08. The minimum Gasteiger partial charge on any atom is -0.497 e. The second-order valence-electron chi connectivity index (χ2n) is 3.61. The quantitative estimate of drug-likeness (QED) is 0.565. The molecule has 0 aliphatic rings. The summed E-state index contributed by atoms with van der Waals surface area (Å²) < 4.78 is 10.6. The molecule has 0 radical (unpaired) electrons. The van der Waals surface area contributed by atoms with Gasteiger partial charge >= 0.3 is 0 Å². The van der Waals surface area contributed by atoms with E-state index in [1.807, 2.05) is 19.9 Å². The van der Waals surface area contributed by atoms with E-state index in [-0.39, 0.29) is 0 Å². The topological polar surface area (TPSA) is 35.5 Å². The maximum absolute atomic E-state index is 10.8. The van der Waals surface area contributed by atoms with Crippen LogP contribution in [0, 0.1) is 0 Å². The lowest BCUT2D eigenvalue weighted by molar-refractivity contribution is 0.112. The van der Waals surface area contributed by atoms with Crippen LogP contribution in [0.1, 0.15) is 24.2 Å². The maximum Gasteiger partial charge on any atom is 0.153 e. The van der Waals surface area contributed by atoms with Crippen molar-refractivity contribution in [2.45, 2.75) is 13.8 Å². The highest BCUT2D eigenvalue weighted by molar-refractivity contribution is 5.79. The molecule has 0 saturated carbocycles. The van der Waals surface area contributed by atoms with Crippen molar-refractivity contribution in [1.29, 1.82) is 0 Å². The SMILES string of the molecule is COc1ccc(C=O)c(OCC=C(C)C)c1. The number of benzene rings is 1. The van der Waals surface area contributed by atoms with E-state index in [2.05, 4.69) is 0 Å². The third kappa shape index (κ3) is 3.42. The molecule has 0 spiro atoms. The van der Waals surface area contributed by atoms with Crippen LogP contribution in [0.2, 0.25) is 0 Å². The molecule has 0 N–H and O–H groups in total. The number of carbonyl (C=O) groups is 1. The van der Waals surface area contributed by atoms with Crippen LogP contribution >= 0.6 is 0 Å². The largest absolute Gasteiger partial charge is 0.497 e. The van der Waals surface area contributed by atoms with E-state index >= 15 is 0 Å². The molecular weight excluding hydrogens is 204 g/mol. The number of carbonyl (C=O) groups excluding carboxylic acids is 1. The van der Waals surface area contributed by atoms with Crippen molar-refractivity contribution in [3.8, 4) is 11.5 Å². The summed E-state index contributed by atoms with van der Waals surface area (Å²) in [6.07, 6.45) is 2.73. The number of rotatable bonds is 5. The van der Waals surface area contributed by atoms with Crippen molar-refractivity contribution in [2.75, 3.05) is 13.7 Å². The molecular formula is C13H16O3. The first-order chi connectivity index (χ1) is 7.67. The highest BCUT2D eigenvalue weighted by Crippen LogP contribution is 2.23. The number of allylic oxidation sites excluding steroid dienone is 1. The van der Waals surface area contributed by atoms with Crippen molar-refractivity contribution in [1.82, 2.24) is 0 Å². The molecule has 3 nitrogen and oxygen atoms in total. The predicted molar refractivity (Wildman–Crippen MR) is 63.3 cm³/mol. The molecule has 1 aromatic rings. The molecule has 0 amide bonds. The summed E-state index contributed by atoms with van der Waals surface area (Å²) in [6, 6.07) is 5.13. The van der Waals surface area contributed by atoms with Gasteiger partial charge in [0, 0.05) is 6.07 Å². The highest BCUT2D eigenvalue weighted by atomic mass is 16.5. The molecule has 16 heavy (non-hydrogen) atoms. The Morgan fingerprint density at radius 1 is 1.38 bits per heavy atom. The van der Waals surface area contributed by atoms with E-state index in [1.54, 1.807) is 25.3 Å². The molecule has 0 atom stereocenters. The fourth-order valence-corrected chi connectivity index (χ4v) is 1.16. The zero-order valence-corrected chi connectivity index (χ0v) is 9.82. The van der Waals surface area contributed by atoms with E-state index in [1.165, 1.54) is 5.57 Å². The summed E-state index contributed by atoms with van der Waals surface area (Å²) in [5, 5.41) is 0. The molecule has 0 aromatic heterocycles. The molecule has 0 unspecified atom stereocenters. The fraction of sp³-hybridized carbons (Fsp3) is 0.308. The molecule has 3 heteroatoms. The van der Waals surface area contributed by atoms with Crippen molar-refractivity contribution >= 4 is 6.29 Å². The number of ether oxygens (including phenoxy) is 2. The van der Waals surface area contributed by atoms with Gasteiger partial charge in [-0.25, -0.2) is 0 Å². The van der Waals surface area contributed by atoms with Crippen LogP contribution < -0.4 is 9.47 Å². The van der Waals surface area contributed by atoms with Crippen LogP contribution in [-0.4, -0.2) is 20.0 Å². The number of methoxy groups -OCH3 is 1. The average Bonchev–Trinajstić information content (AvgIpc) is 2.28. The molecule has 86 valence electrons. The first-order valence-corrected chi connectivity index (χ1v) is 5.06. The Labute approximate surface area is 95.7 Å². The molecule has 0 saturated heterocycles. The lowest BCUT2D eigenvalue weighted by Crippen LogP contribution is -1.98. The van der Waals surface area contributed by atoms with Gasteiger partial charge in [0.1, 0.15) is 18.1 Å². The van der Waals surface area contributed by atoms with Crippen molar-refractivity contribution < 1.29 is 14.3 Å². The summed E-state index contributed by atoms with van der Waals surface area (Å²) in [5.41, 5.74) is 1.71. The molecule has 0 aliphatic heterocycles. The predicted octanol–water partition coefficient (Wildman–Crippen LogP) is 2.85. The van der Waals surface area contributed by atoms with Crippen LogP contribution in [-0.2, 0) is 0 Å². The summed E-state index contributed by atoms with van der Waals surface area (Å²) >= 11 is 0. The zero-order valence-electron chi connectivity index (χ0n) is 9.82. The zero-order chi connectivity index (χ0) is 12.0. The average molecular weight is 220 g/mol. The van der Waals surface area contributed by atoms with Crippen LogP contribution in [0.5, 0.6) is 11.5 Å². The van der Waals surface area contributed by atoms with E-state index in [0.29, 0.717) is 23.7 Å². The van der Waals surface area contributed by atoms with Gasteiger partial charge in [-0.1, -0.05) is 5.57 Å². The Morgan fingerprint density at radius 2 is 2.12 bits per heavy atom. The van der Waals surface area contributed by atoms with Gasteiger partial charge in [-0.05, 0) is 32.1 Å². The number of aldehydes is 1. The smallest absolute Gasteiger partial charge is 0.153 e. The van der Waals surface area contributed by atoms with Gasteiger partial charge in [-0.15, -0.1) is 0 Å². The minimum absolute atomic E-state index is 0.455. The summed E-state index contributed by atoms with van der Waals surface area (Å²) in [4.78, 5) is 10.8. The van der Waals surface area contributed by atoms with Gasteiger partial charge in [0.05, 0.1) is 12.7 Å². The molecule has 1 aromatic carbocycles. The lowest BCUT2D eigenvalue weighted by atomic mass is 10.2. The van der Waals surface area contributed by atoms with E-state index in [4.69, 9.17) is 9.47 Å². The van der Waals surface area contributed by atoms with E-state index in [9.17, 15) is 4.79 Å². The summed E-state index contributed by atoms with van der Waals surface area (Å²) in [5.74, 6) is 1.23. The van der Waals surface area contributed by atoms with E-state index in [0.717, 1.165) is 6.29 Å². The van der Waals surface area contributed by atoms with Gasteiger partial charge in [-0.3, -0.25) is 4.79 Å². The van der Waals surface area contributed by atoms with Gasteiger partial charge in [0.15, 0.2) is 6.29 Å². The second-order valence-corrected chi connectivity index (χ2v) is 3.61. The molecule has 0 fully saturated rings. The normalized spacial score (nSPS) is 9.44. The van der Waals surface area contributed by atoms with Crippen LogP contribution in [0.15, 0.2) is 29.8 Å². The maximum atomic E-state index is 10.8. The summed E-state index contributed by atoms with van der Waals surface area (Å²) in [7, 11) is 1.58. The van der Waals surface area contributed by atoms with Crippen LogP contribution in [0.25, 0.3) is 0 Å². The Kier molecular flexibility index (Phi) is 4.58. The molecule has 0 aliphatic carbocycles. The number of hydrogen-bond acceptors (Lipinski definition) is 3. The van der Waals surface area contributed by atoms with Gasteiger partial charge in [0.2, 0.25) is 0 Å². The molecule has 0 heterocycles. The molecule has 1 rings (SSSR count). The Balaban J connectivity index is 2.83. The number of hydrogen-bond donors (Lipinski definition) is 0. The summed E-state index contributed by atoms with van der Waals surface area (Å²) in [6.45, 7) is 4.45. The van der Waals surface area contributed by atoms with E-state index < -0.39 is 0 Å². The van der Waals surface area contributed by atoms with Crippen LogP contribution in [0.3, 0.4) is 0 Å². The second kappa shape index (κ2) is 5.95. The van der Waals surface area contributed by atoms with Gasteiger partial charge in [0.25, 0.3) is 0 Å². The first kappa shape index (κ1) is 12.3. The minimum atomic E-state index is 0.455. The van der Waals surface area contributed by atoms with Crippen molar-refractivity contribution in [3.63, 3.8) is 0 Å². The molecule has 0 bridgehead atoms. The van der Waals surface area contributed by atoms with Crippen molar-refractivity contribution in [2.24, 2.45) is 0 Å². The Hall–Kier alpha value is -1.77. The third-order valence-corrected chi connectivity index (χ3v) is 2.08. The van der Waals surface area contributed by atoms with Crippen molar-refractivity contribution in [3.05, 3.63) is 35.4 Å². The first-order valence-electron chi connectivity index (χ1n) is 5.06. The fourth-order valence-electron chi connectivity index (χ4n) is 1.16. The van der Waals surface area contributed by atoms with Gasteiger partial charge in [-0.2, -0.15) is 0 Å². The standard InChI is InChI=1S/C13H16O3/c1-10(2)6-7-16-13-8-12(15-3)5-4-11(13)9-14/h4-6,8-9H,7H2,1-3H3. The van der Waals surface area contributed by atoms with Gasteiger partial charge < -0.3 is 9.47 Å².